The molecule has 0 aliphatic carbocycles. The molecule has 0 radical (unpaired) electrons. The molecule has 3 nitrogen and oxygen atoms in total. The lowest BCUT2D eigenvalue weighted by Gasteiger charge is -2.11. The summed E-state index contributed by atoms with van der Waals surface area (Å²) in [6.07, 6.45) is 1.44. The Morgan fingerprint density at radius 2 is 2.06 bits per heavy atom. The molecule has 0 saturated heterocycles. The van der Waals surface area contributed by atoms with E-state index in [-0.39, 0.29) is 5.75 Å². The summed E-state index contributed by atoms with van der Waals surface area (Å²) in [5.41, 5.74) is 1.89. The predicted molar refractivity (Wildman–Crippen MR) is 62.3 cm³/mol. The number of aliphatic hydroxyl groups excluding tert-OH is 1. The molecular formula is C13H15NO2. The molecule has 0 bridgehead atoms. The van der Waals surface area contributed by atoms with E-state index in [1.54, 1.807) is 19.1 Å². The van der Waals surface area contributed by atoms with Gasteiger partial charge in [-0.15, -0.1) is 0 Å². The lowest BCUT2D eigenvalue weighted by molar-refractivity contribution is 0.190. The molecule has 0 aliphatic heterocycles. The van der Waals surface area contributed by atoms with Crippen molar-refractivity contribution in [3.8, 4) is 5.75 Å². The number of rotatable bonds is 3. The molecule has 1 aromatic heterocycles. The minimum atomic E-state index is -0.479. The fourth-order valence-electron chi connectivity index (χ4n) is 1.80. The SMILES string of the molecule is CC(O)c1cccn1Cc1cccc(O)c1. The average molecular weight is 217 g/mol. The number of aromatic nitrogens is 1. The monoisotopic (exact) mass is 217 g/mol. The molecule has 0 saturated carbocycles. The van der Waals surface area contributed by atoms with Crippen molar-refractivity contribution in [2.24, 2.45) is 0 Å². The zero-order chi connectivity index (χ0) is 11.5. The summed E-state index contributed by atoms with van der Waals surface area (Å²) in [6.45, 7) is 2.40. The van der Waals surface area contributed by atoms with E-state index in [0.29, 0.717) is 6.54 Å². The minimum absolute atomic E-state index is 0.267. The van der Waals surface area contributed by atoms with Gasteiger partial charge in [0.2, 0.25) is 0 Å². The van der Waals surface area contributed by atoms with Crippen LogP contribution in [0.4, 0.5) is 0 Å². The summed E-state index contributed by atoms with van der Waals surface area (Å²) >= 11 is 0. The quantitative estimate of drug-likeness (QED) is 0.828. The van der Waals surface area contributed by atoms with E-state index in [4.69, 9.17) is 0 Å². The molecule has 1 aromatic carbocycles. The van der Waals surface area contributed by atoms with Crippen molar-refractivity contribution in [1.82, 2.24) is 4.57 Å². The number of aromatic hydroxyl groups is 1. The van der Waals surface area contributed by atoms with E-state index in [9.17, 15) is 10.2 Å². The van der Waals surface area contributed by atoms with Gasteiger partial charge >= 0.3 is 0 Å². The van der Waals surface area contributed by atoms with E-state index in [1.165, 1.54) is 0 Å². The number of phenols is 1. The first-order valence-electron chi connectivity index (χ1n) is 5.28. The topological polar surface area (TPSA) is 45.4 Å². The first kappa shape index (κ1) is 10.8. The maximum Gasteiger partial charge on any atom is 0.115 e. The highest BCUT2D eigenvalue weighted by Crippen LogP contribution is 2.17. The van der Waals surface area contributed by atoms with Crippen LogP contribution in [0.5, 0.6) is 5.75 Å². The molecule has 0 amide bonds. The van der Waals surface area contributed by atoms with Crippen LogP contribution < -0.4 is 0 Å². The van der Waals surface area contributed by atoms with Gasteiger partial charge in [-0.2, -0.15) is 0 Å². The van der Waals surface area contributed by atoms with Crippen LogP contribution in [-0.4, -0.2) is 14.8 Å². The van der Waals surface area contributed by atoms with Crippen molar-refractivity contribution in [3.63, 3.8) is 0 Å². The van der Waals surface area contributed by atoms with Crippen molar-refractivity contribution in [2.75, 3.05) is 0 Å². The summed E-state index contributed by atoms with van der Waals surface area (Å²) in [7, 11) is 0. The zero-order valence-corrected chi connectivity index (χ0v) is 9.17. The molecule has 0 fully saturated rings. The summed E-state index contributed by atoms with van der Waals surface area (Å²) < 4.78 is 1.97. The molecule has 2 N–H and O–H groups in total. The summed E-state index contributed by atoms with van der Waals surface area (Å²) in [5.74, 6) is 0.267. The number of hydrogen-bond acceptors (Lipinski definition) is 2. The van der Waals surface area contributed by atoms with Gasteiger partial charge in [0.1, 0.15) is 5.75 Å². The Labute approximate surface area is 94.6 Å². The van der Waals surface area contributed by atoms with Crippen LogP contribution in [0.1, 0.15) is 24.3 Å². The van der Waals surface area contributed by atoms with Crippen LogP contribution in [0, 0.1) is 0 Å². The first-order chi connectivity index (χ1) is 7.66. The van der Waals surface area contributed by atoms with Crippen LogP contribution in [0.3, 0.4) is 0 Å². The van der Waals surface area contributed by atoms with Crippen LogP contribution >= 0.6 is 0 Å². The highest BCUT2D eigenvalue weighted by atomic mass is 16.3. The fourth-order valence-corrected chi connectivity index (χ4v) is 1.80. The Kier molecular flexibility index (Phi) is 2.97. The van der Waals surface area contributed by atoms with E-state index in [2.05, 4.69) is 0 Å². The van der Waals surface area contributed by atoms with Crippen LogP contribution in [0.2, 0.25) is 0 Å². The lowest BCUT2D eigenvalue weighted by Crippen LogP contribution is -2.05. The van der Waals surface area contributed by atoms with E-state index in [1.807, 2.05) is 35.0 Å². The molecule has 1 atom stereocenters. The molecule has 0 aliphatic rings. The van der Waals surface area contributed by atoms with Crippen molar-refractivity contribution < 1.29 is 10.2 Å². The van der Waals surface area contributed by atoms with Gasteiger partial charge in [0, 0.05) is 18.4 Å². The third-order valence-corrected chi connectivity index (χ3v) is 2.56. The molecule has 84 valence electrons. The molecule has 2 aromatic rings. The molecule has 2 rings (SSSR count). The van der Waals surface area contributed by atoms with Gasteiger partial charge in [-0.25, -0.2) is 0 Å². The van der Waals surface area contributed by atoms with E-state index in [0.717, 1.165) is 11.3 Å². The second kappa shape index (κ2) is 4.41. The van der Waals surface area contributed by atoms with Gasteiger partial charge in [-0.3, -0.25) is 0 Å². The number of benzene rings is 1. The van der Waals surface area contributed by atoms with Crippen molar-refractivity contribution in [3.05, 3.63) is 53.9 Å². The minimum Gasteiger partial charge on any atom is -0.508 e. The number of nitrogens with zero attached hydrogens (tertiary/aromatic N) is 1. The molecule has 1 heterocycles. The molecule has 0 spiro atoms. The highest BCUT2D eigenvalue weighted by Gasteiger charge is 2.06. The molecule has 16 heavy (non-hydrogen) atoms. The van der Waals surface area contributed by atoms with Crippen LogP contribution in [-0.2, 0) is 6.54 Å². The van der Waals surface area contributed by atoms with Gasteiger partial charge in [0.15, 0.2) is 0 Å². The molecule has 3 heteroatoms. The van der Waals surface area contributed by atoms with Crippen molar-refractivity contribution in [1.29, 1.82) is 0 Å². The first-order valence-corrected chi connectivity index (χ1v) is 5.28. The maximum atomic E-state index is 9.56. The summed E-state index contributed by atoms with van der Waals surface area (Å²) in [5, 5.41) is 18.9. The van der Waals surface area contributed by atoms with Crippen LogP contribution in [0.25, 0.3) is 0 Å². The normalized spacial score (nSPS) is 12.6. The van der Waals surface area contributed by atoms with Gasteiger partial charge in [0.25, 0.3) is 0 Å². The third kappa shape index (κ3) is 2.25. The Bertz CT molecular complexity index is 474. The Morgan fingerprint density at radius 3 is 2.75 bits per heavy atom. The Morgan fingerprint density at radius 1 is 1.25 bits per heavy atom. The Balaban J connectivity index is 2.24. The standard InChI is InChI=1S/C13H15NO2/c1-10(15)13-6-3-7-14(13)9-11-4-2-5-12(16)8-11/h2-8,10,15-16H,9H2,1H3. The average Bonchev–Trinajstić information content (AvgIpc) is 2.66. The van der Waals surface area contributed by atoms with E-state index >= 15 is 0 Å². The van der Waals surface area contributed by atoms with E-state index < -0.39 is 6.10 Å². The molecule has 1 unspecified atom stereocenters. The zero-order valence-electron chi connectivity index (χ0n) is 9.17. The summed E-state index contributed by atoms with van der Waals surface area (Å²) in [6, 6.07) is 10.9. The van der Waals surface area contributed by atoms with Gasteiger partial charge in [-0.05, 0) is 36.8 Å². The summed E-state index contributed by atoms with van der Waals surface area (Å²) in [4.78, 5) is 0. The van der Waals surface area contributed by atoms with Crippen LogP contribution in [0.15, 0.2) is 42.6 Å². The van der Waals surface area contributed by atoms with Gasteiger partial charge < -0.3 is 14.8 Å². The number of phenolic OH excluding ortho intramolecular Hbond substituents is 1. The molecular weight excluding hydrogens is 202 g/mol. The smallest absolute Gasteiger partial charge is 0.115 e. The fraction of sp³-hybridized carbons (Fsp3) is 0.231. The van der Waals surface area contributed by atoms with Crippen molar-refractivity contribution in [2.45, 2.75) is 19.6 Å². The highest BCUT2D eigenvalue weighted by molar-refractivity contribution is 5.28. The maximum absolute atomic E-state index is 9.56. The third-order valence-electron chi connectivity index (χ3n) is 2.56. The van der Waals surface area contributed by atoms with Gasteiger partial charge in [0.05, 0.1) is 6.10 Å². The van der Waals surface area contributed by atoms with Gasteiger partial charge in [-0.1, -0.05) is 12.1 Å². The number of hydrogen-bond donors (Lipinski definition) is 2. The van der Waals surface area contributed by atoms with Crippen molar-refractivity contribution >= 4 is 0 Å². The lowest BCUT2D eigenvalue weighted by atomic mass is 10.2. The predicted octanol–water partition coefficient (Wildman–Crippen LogP) is 2.30. The second-order valence-corrected chi connectivity index (χ2v) is 3.91. The number of aliphatic hydroxyl groups is 1. The second-order valence-electron chi connectivity index (χ2n) is 3.91. The Hall–Kier alpha value is -1.74. The largest absolute Gasteiger partial charge is 0.508 e.